The second kappa shape index (κ2) is 7.97. The molecule has 0 spiro atoms. The van der Waals surface area contributed by atoms with Gasteiger partial charge in [-0.3, -0.25) is 4.99 Å². The van der Waals surface area contributed by atoms with Crippen molar-refractivity contribution < 1.29 is 9.47 Å². The highest BCUT2D eigenvalue weighted by atomic mass is 127. The molecule has 0 fully saturated rings. The van der Waals surface area contributed by atoms with E-state index in [0.29, 0.717) is 0 Å². The van der Waals surface area contributed by atoms with Crippen LogP contribution in [0.25, 0.3) is 0 Å². The highest BCUT2D eigenvalue weighted by molar-refractivity contribution is 14.1. The first kappa shape index (κ1) is 16.5. The van der Waals surface area contributed by atoms with Crippen LogP contribution >= 0.6 is 22.6 Å². The van der Waals surface area contributed by atoms with Gasteiger partial charge in [-0.25, -0.2) is 0 Å². The van der Waals surface area contributed by atoms with Crippen molar-refractivity contribution in [3.05, 3.63) is 81.9 Å². The topological polar surface area (TPSA) is 30.8 Å². The third kappa shape index (κ3) is 4.14. The lowest BCUT2D eigenvalue weighted by Gasteiger charge is -2.10. The molecule has 0 radical (unpaired) electrons. The maximum Gasteiger partial charge on any atom is 0.136 e. The second-order valence-electron chi connectivity index (χ2n) is 5.03. The van der Waals surface area contributed by atoms with Crippen LogP contribution in [0.5, 0.6) is 17.2 Å². The van der Waals surface area contributed by atoms with E-state index in [2.05, 4.69) is 27.6 Å². The van der Waals surface area contributed by atoms with Gasteiger partial charge in [0.15, 0.2) is 0 Å². The summed E-state index contributed by atoms with van der Waals surface area (Å²) in [4.78, 5) is 4.59. The fourth-order valence-electron chi connectivity index (χ4n) is 2.16. The van der Waals surface area contributed by atoms with Crippen molar-refractivity contribution in [1.82, 2.24) is 0 Å². The standard InChI is InChI=1S/C20H16INO2/c1-23-17-11-12-20(24-16-7-3-2-4-8-16)15(13-17)14-22-19-10-6-5-9-18(19)21/h2-14H,1H3. The van der Waals surface area contributed by atoms with Gasteiger partial charge < -0.3 is 9.47 Å². The van der Waals surface area contributed by atoms with Crippen molar-refractivity contribution >= 4 is 34.5 Å². The highest BCUT2D eigenvalue weighted by Crippen LogP contribution is 2.28. The largest absolute Gasteiger partial charge is 0.497 e. The maximum absolute atomic E-state index is 5.98. The predicted octanol–water partition coefficient (Wildman–Crippen LogP) is 5.84. The Hall–Kier alpha value is -2.34. The SMILES string of the molecule is COc1ccc(Oc2ccccc2)c(C=Nc2ccccc2I)c1. The molecule has 0 saturated carbocycles. The van der Waals surface area contributed by atoms with Crippen molar-refractivity contribution in [2.75, 3.05) is 7.11 Å². The zero-order chi connectivity index (χ0) is 16.8. The summed E-state index contributed by atoms with van der Waals surface area (Å²) in [5.41, 5.74) is 1.78. The fraction of sp³-hybridized carbons (Fsp3) is 0.0500. The average molecular weight is 429 g/mol. The van der Waals surface area contributed by atoms with E-state index in [1.54, 1.807) is 13.3 Å². The Bertz CT molecular complexity index is 847. The molecule has 0 saturated heterocycles. The van der Waals surface area contributed by atoms with Gasteiger partial charge in [0.25, 0.3) is 0 Å². The molecule has 0 aliphatic carbocycles. The minimum atomic E-state index is 0.733. The molecule has 0 aliphatic heterocycles. The van der Waals surface area contributed by atoms with Crippen molar-refractivity contribution in [1.29, 1.82) is 0 Å². The minimum absolute atomic E-state index is 0.733. The summed E-state index contributed by atoms with van der Waals surface area (Å²) in [7, 11) is 1.65. The molecule has 3 nitrogen and oxygen atoms in total. The molecule has 0 bridgehead atoms. The molecule has 3 aromatic carbocycles. The summed E-state index contributed by atoms with van der Waals surface area (Å²) in [6, 6.07) is 23.4. The Kier molecular flexibility index (Phi) is 5.48. The van der Waals surface area contributed by atoms with Crippen LogP contribution in [0.2, 0.25) is 0 Å². The summed E-state index contributed by atoms with van der Waals surface area (Å²) < 4.78 is 12.4. The fourth-order valence-corrected chi connectivity index (χ4v) is 2.69. The summed E-state index contributed by atoms with van der Waals surface area (Å²) in [6.45, 7) is 0. The quantitative estimate of drug-likeness (QED) is 0.377. The minimum Gasteiger partial charge on any atom is -0.497 e. The summed E-state index contributed by atoms with van der Waals surface area (Å²) in [5.74, 6) is 2.28. The maximum atomic E-state index is 5.98. The van der Waals surface area contributed by atoms with Crippen LogP contribution in [0.15, 0.2) is 77.8 Å². The van der Waals surface area contributed by atoms with Crippen LogP contribution < -0.4 is 9.47 Å². The predicted molar refractivity (Wildman–Crippen MR) is 106 cm³/mol. The van der Waals surface area contributed by atoms with Gasteiger partial charge in [-0.2, -0.15) is 0 Å². The number of halogens is 1. The number of hydrogen-bond donors (Lipinski definition) is 0. The van der Waals surface area contributed by atoms with E-state index in [-0.39, 0.29) is 0 Å². The average Bonchev–Trinajstić information content (AvgIpc) is 2.63. The van der Waals surface area contributed by atoms with Crippen molar-refractivity contribution in [2.45, 2.75) is 0 Å². The molecule has 0 amide bonds. The van der Waals surface area contributed by atoms with Gasteiger partial charge in [-0.1, -0.05) is 30.3 Å². The molecule has 3 aromatic rings. The first-order valence-electron chi connectivity index (χ1n) is 7.46. The van der Waals surface area contributed by atoms with Crippen LogP contribution in [0.1, 0.15) is 5.56 Å². The Morgan fingerprint density at radius 3 is 2.38 bits per heavy atom. The molecule has 0 aromatic heterocycles. The lowest BCUT2D eigenvalue weighted by atomic mass is 10.2. The molecular weight excluding hydrogens is 413 g/mol. The molecule has 120 valence electrons. The molecule has 0 unspecified atom stereocenters. The second-order valence-corrected chi connectivity index (χ2v) is 6.19. The van der Waals surface area contributed by atoms with E-state index in [4.69, 9.17) is 9.47 Å². The number of ether oxygens (including phenoxy) is 2. The monoisotopic (exact) mass is 429 g/mol. The normalized spacial score (nSPS) is 10.8. The van der Waals surface area contributed by atoms with Gasteiger partial charge in [0.05, 0.1) is 12.8 Å². The third-order valence-electron chi connectivity index (χ3n) is 3.38. The summed E-state index contributed by atoms with van der Waals surface area (Å²) in [5, 5.41) is 0. The van der Waals surface area contributed by atoms with Gasteiger partial charge in [0, 0.05) is 15.3 Å². The molecule has 0 N–H and O–H groups in total. The lowest BCUT2D eigenvalue weighted by molar-refractivity contribution is 0.412. The summed E-state index contributed by atoms with van der Waals surface area (Å²) in [6.07, 6.45) is 1.80. The number of rotatable bonds is 5. The number of benzene rings is 3. The number of aliphatic imine (C=N–C) groups is 1. The van der Waals surface area contributed by atoms with E-state index >= 15 is 0 Å². The van der Waals surface area contributed by atoms with E-state index in [9.17, 15) is 0 Å². The first-order chi connectivity index (χ1) is 11.8. The smallest absolute Gasteiger partial charge is 0.136 e. The third-order valence-corrected chi connectivity index (χ3v) is 4.30. The number of para-hydroxylation sites is 2. The number of hydrogen-bond acceptors (Lipinski definition) is 3. The van der Waals surface area contributed by atoms with Crippen LogP contribution in [0.3, 0.4) is 0 Å². The molecule has 24 heavy (non-hydrogen) atoms. The molecule has 4 heteroatoms. The first-order valence-corrected chi connectivity index (χ1v) is 8.53. The van der Waals surface area contributed by atoms with Crippen LogP contribution in [0.4, 0.5) is 5.69 Å². The van der Waals surface area contributed by atoms with Crippen molar-refractivity contribution in [3.63, 3.8) is 0 Å². The molecular formula is C20H16INO2. The summed E-state index contributed by atoms with van der Waals surface area (Å²) >= 11 is 2.27. The number of nitrogens with zero attached hydrogens (tertiary/aromatic N) is 1. The van der Waals surface area contributed by atoms with Gasteiger partial charge in [-0.15, -0.1) is 0 Å². The Balaban J connectivity index is 1.94. The van der Waals surface area contributed by atoms with E-state index in [0.717, 1.165) is 32.1 Å². The van der Waals surface area contributed by atoms with Crippen LogP contribution in [0, 0.1) is 3.57 Å². The van der Waals surface area contributed by atoms with Gasteiger partial charge >= 0.3 is 0 Å². The molecule has 0 aliphatic rings. The van der Waals surface area contributed by atoms with E-state index in [1.165, 1.54) is 0 Å². The number of methoxy groups -OCH3 is 1. The van der Waals surface area contributed by atoms with Gasteiger partial charge in [0.1, 0.15) is 17.2 Å². The van der Waals surface area contributed by atoms with Crippen molar-refractivity contribution in [2.24, 2.45) is 4.99 Å². The molecule has 3 rings (SSSR count). The zero-order valence-electron chi connectivity index (χ0n) is 13.1. The van der Waals surface area contributed by atoms with Gasteiger partial charge in [-0.05, 0) is 65.1 Å². The van der Waals surface area contributed by atoms with Crippen LogP contribution in [-0.2, 0) is 0 Å². The Morgan fingerprint density at radius 2 is 1.62 bits per heavy atom. The van der Waals surface area contributed by atoms with Crippen molar-refractivity contribution in [3.8, 4) is 17.2 Å². The van der Waals surface area contributed by atoms with Crippen LogP contribution in [-0.4, -0.2) is 13.3 Å². The molecule has 0 heterocycles. The van der Waals surface area contributed by atoms with E-state index in [1.807, 2.05) is 72.8 Å². The zero-order valence-corrected chi connectivity index (χ0v) is 15.3. The lowest BCUT2D eigenvalue weighted by Crippen LogP contribution is -1.93. The highest BCUT2D eigenvalue weighted by Gasteiger charge is 2.06. The van der Waals surface area contributed by atoms with Gasteiger partial charge in [0.2, 0.25) is 0 Å². The Morgan fingerprint density at radius 1 is 0.875 bits per heavy atom. The van der Waals surface area contributed by atoms with E-state index < -0.39 is 0 Å². The Labute approximate surface area is 155 Å². The molecule has 0 atom stereocenters.